The van der Waals surface area contributed by atoms with Gasteiger partial charge in [-0.2, -0.15) is 0 Å². The Morgan fingerprint density at radius 1 is 0.809 bits per heavy atom. The lowest BCUT2D eigenvalue weighted by atomic mass is 10.1. The number of hydrogen-bond acceptors (Lipinski definition) is 9. The molecule has 1 heterocycles. The zero-order valence-corrected chi connectivity index (χ0v) is 25.5. The third-order valence-electron chi connectivity index (χ3n) is 6.77. The molecule has 0 bridgehead atoms. The first-order chi connectivity index (χ1) is 22.6. The Hall–Kier alpha value is -5.08. The van der Waals surface area contributed by atoms with Gasteiger partial charge in [-0.05, 0) is 103 Å². The zero-order chi connectivity index (χ0) is 33.8. The topological polar surface area (TPSA) is 131 Å². The van der Waals surface area contributed by atoms with E-state index < -0.39 is 12.3 Å². The minimum atomic E-state index is -4.71. The van der Waals surface area contributed by atoms with E-state index in [0.29, 0.717) is 11.5 Å². The fourth-order valence-corrected chi connectivity index (χ4v) is 5.59. The van der Waals surface area contributed by atoms with Gasteiger partial charge in [0.05, 0.1) is 17.7 Å². The highest BCUT2D eigenvalue weighted by molar-refractivity contribution is 7.97. The van der Waals surface area contributed by atoms with Crippen LogP contribution >= 0.6 is 11.9 Å². The summed E-state index contributed by atoms with van der Waals surface area (Å²) in [6.45, 7) is 1.54. The van der Waals surface area contributed by atoms with Crippen LogP contribution < -0.4 is 19.5 Å². The quantitative estimate of drug-likeness (QED) is 0.152. The first-order valence-corrected chi connectivity index (χ1v) is 15.0. The second-order valence-corrected chi connectivity index (χ2v) is 11.3. The highest BCUT2D eigenvalue weighted by Crippen LogP contribution is 2.31. The number of hydrogen-bond donors (Lipinski definition) is 2. The van der Waals surface area contributed by atoms with Gasteiger partial charge in [0.25, 0.3) is 0 Å². The van der Waals surface area contributed by atoms with E-state index in [2.05, 4.69) is 14.4 Å². The molecule has 5 rings (SSSR count). The first kappa shape index (κ1) is 34.8. The molecule has 14 heteroatoms. The van der Waals surface area contributed by atoms with Gasteiger partial charge in [-0.15, -0.1) is 13.2 Å². The molecule has 0 unspecified atom stereocenters. The molecule has 0 radical (unpaired) electrons. The number of carbonyl (C=O) groups is 2. The van der Waals surface area contributed by atoms with Crippen molar-refractivity contribution in [2.75, 3.05) is 18.4 Å². The standard InChI is InChI=1S/C33H29F3N2O6S.O2/c34-33(35,36)44-27-13-15-28(16-14-27)45-38-19-17-26(18-20-38)43-25-11-9-24(10-12-25)42-23-7-5-22(6-8-23)21-31(39)37-30-4-2-1-3-29(30)32(40)41;1-2/h1-16,26H,17-21H2,(H,37,39)(H,40,41);. The number of aromatic carboxylic acids is 1. The van der Waals surface area contributed by atoms with Crippen molar-refractivity contribution in [3.05, 3.63) is 118 Å². The van der Waals surface area contributed by atoms with E-state index in [1.54, 1.807) is 54.6 Å². The number of nitrogens with zero attached hydrogens (tertiary/aromatic N) is 1. The van der Waals surface area contributed by atoms with Crippen molar-refractivity contribution in [2.24, 2.45) is 0 Å². The summed E-state index contributed by atoms with van der Waals surface area (Å²) in [5.41, 5.74) is 1.02. The van der Waals surface area contributed by atoms with E-state index in [4.69, 9.17) is 19.4 Å². The fourth-order valence-electron chi connectivity index (χ4n) is 4.64. The van der Waals surface area contributed by atoms with E-state index >= 15 is 0 Å². The molecule has 1 fully saturated rings. The highest BCUT2D eigenvalue weighted by Gasteiger charge is 2.31. The van der Waals surface area contributed by atoms with Crippen molar-refractivity contribution in [1.29, 1.82) is 0 Å². The minimum Gasteiger partial charge on any atom is -0.490 e. The summed E-state index contributed by atoms with van der Waals surface area (Å²) < 4.78 is 55.2. The molecule has 246 valence electrons. The zero-order valence-electron chi connectivity index (χ0n) is 24.6. The van der Waals surface area contributed by atoms with Crippen LogP contribution in [0.4, 0.5) is 18.9 Å². The summed E-state index contributed by atoms with van der Waals surface area (Å²) >= 11 is 1.49. The van der Waals surface area contributed by atoms with Crippen LogP contribution in [-0.4, -0.2) is 46.8 Å². The number of piperidine rings is 1. The third kappa shape index (κ3) is 11.0. The van der Waals surface area contributed by atoms with Crippen LogP contribution in [0, 0.1) is 9.93 Å². The molecule has 1 aliphatic heterocycles. The lowest BCUT2D eigenvalue weighted by molar-refractivity contribution is -0.274. The summed E-state index contributed by atoms with van der Waals surface area (Å²) in [7, 11) is 0. The second kappa shape index (κ2) is 16.5. The Kier molecular flexibility index (Phi) is 12.2. The van der Waals surface area contributed by atoms with Crippen LogP contribution in [0.2, 0.25) is 0 Å². The number of para-hydroxylation sites is 1. The fraction of sp³-hybridized carbons (Fsp3) is 0.212. The highest BCUT2D eigenvalue weighted by atomic mass is 32.2. The molecule has 0 saturated carbocycles. The van der Waals surface area contributed by atoms with Crippen molar-refractivity contribution in [2.45, 2.75) is 36.6 Å². The van der Waals surface area contributed by atoms with Gasteiger partial charge < -0.3 is 24.6 Å². The van der Waals surface area contributed by atoms with Crippen molar-refractivity contribution in [1.82, 2.24) is 4.31 Å². The SMILES string of the molecule is O=C(Cc1ccc(Oc2ccc(OC3CCN(Sc4ccc(OC(F)(F)F)cc4)CC3)cc2)cc1)Nc1ccccc1C(=O)O.O=O. The maximum absolute atomic E-state index is 12.5. The molecule has 1 aliphatic rings. The van der Waals surface area contributed by atoms with Gasteiger partial charge in [0.2, 0.25) is 5.91 Å². The number of amides is 1. The third-order valence-corrected chi connectivity index (χ3v) is 7.88. The monoisotopic (exact) mass is 670 g/mol. The number of carboxylic acid groups (broad SMARTS) is 1. The lowest BCUT2D eigenvalue weighted by Gasteiger charge is -2.31. The van der Waals surface area contributed by atoms with Crippen molar-refractivity contribution < 1.29 is 42.1 Å². The van der Waals surface area contributed by atoms with E-state index in [9.17, 15) is 27.9 Å². The Bertz CT molecular complexity index is 1610. The van der Waals surface area contributed by atoms with Gasteiger partial charge in [0, 0.05) is 27.9 Å². The van der Waals surface area contributed by atoms with Crippen LogP contribution in [0.3, 0.4) is 0 Å². The largest absolute Gasteiger partial charge is 0.573 e. The number of rotatable bonds is 11. The molecule has 10 nitrogen and oxygen atoms in total. The molecule has 1 saturated heterocycles. The summed E-state index contributed by atoms with van der Waals surface area (Å²) in [5.74, 6) is 0.254. The number of alkyl halides is 3. The van der Waals surface area contributed by atoms with E-state index in [-0.39, 0.29) is 35.4 Å². The molecular formula is C33H29F3N2O8S. The van der Waals surface area contributed by atoms with Gasteiger partial charge in [0.1, 0.15) is 29.1 Å². The number of halogens is 3. The van der Waals surface area contributed by atoms with Crippen LogP contribution in [0.15, 0.2) is 102 Å². The predicted molar refractivity (Wildman–Crippen MR) is 170 cm³/mol. The predicted octanol–water partition coefficient (Wildman–Crippen LogP) is 7.87. The second-order valence-electron chi connectivity index (χ2n) is 10.1. The molecule has 0 aromatic heterocycles. The number of nitrogens with one attached hydrogen (secondary N) is 1. The first-order valence-electron chi connectivity index (χ1n) is 14.2. The van der Waals surface area contributed by atoms with Gasteiger partial charge in [-0.3, -0.25) is 4.79 Å². The number of ether oxygens (including phenoxy) is 3. The normalized spacial score (nSPS) is 13.5. The molecule has 1 amide bonds. The van der Waals surface area contributed by atoms with Crippen molar-refractivity contribution >= 4 is 29.5 Å². The summed E-state index contributed by atoms with van der Waals surface area (Å²) in [5, 5.41) is 11.9. The van der Waals surface area contributed by atoms with E-state index in [0.717, 1.165) is 42.1 Å². The number of carbonyl (C=O) groups excluding carboxylic acids is 1. The van der Waals surface area contributed by atoms with Crippen molar-refractivity contribution in [3.63, 3.8) is 0 Å². The van der Waals surface area contributed by atoms with Crippen LogP contribution in [0.25, 0.3) is 0 Å². The number of anilines is 1. The summed E-state index contributed by atoms with van der Waals surface area (Å²) in [6, 6.07) is 26.5. The maximum Gasteiger partial charge on any atom is 0.573 e. The molecule has 4 aromatic rings. The van der Waals surface area contributed by atoms with Crippen LogP contribution in [0.1, 0.15) is 28.8 Å². The van der Waals surface area contributed by atoms with Crippen LogP contribution in [0.5, 0.6) is 23.0 Å². The summed E-state index contributed by atoms with van der Waals surface area (Å²) in [4.78, 5) is 38.6. The average Bonchev–Trinajstić information content (AvgIpc) is 3.05. The maximum atomic E-state index is 12.5. The average molecular weight is 671 g/mol. The van der Waals surface area contributed by atoms with Gasteiger partial charge in [-0.25, -0.2) is 9.10 Å². The Labute approximate surface area is 271 Å². The smallest absolute Gasteiger partial charge is 0.490 e. The van der Waals surface area contributed by atoms with Gasteiger partial charge in [0.15, 0.2) is 0 Å². The molecular weight excluding hydrogens is 641 g/mol. The molecule has 4 aromatic carbocycles. The van der Waals surface area contributed by atoms with Gasteiger partial charge >= 0.3 is 12.3 Å². The molecule has 0 spiro atoms. The number of carboxylic acids is 1. The van der Waals surface area contributed by atoms with Crippen LogP contribution in [-0.2, 0) is 11.2 Å². The minimum absolute atomic E-state index is 0.0271. The Balaban J connectivity index is 0.00000245. The lowest BCUT2D eigenvalue weighted by Crippen LogP contribution is -2.34. The van der Waals surface area contributed by atoms with E-state index in [1.807, 2.05) is 24.3 Å². The van der Waals surface area contributed by atoms with Gasteiger partial charge in [-0.1, -0.05) is 24.3 Å². The Morgan fingerprint density at radius 3 is 1.96 bits per heavy atom. The molecule has 0 atom stereocenters. The molecule has 0 aliphatic carbocycles. The summed E-state index contributed by atoms with van der Waals surface area (Å²) in [6.07, 6.45) is -2.99. The van der Waals surface area contributed by atoms with E-state index in [1.165, 1.54) is 30.1 Å². The molecule has 2 N–H and O–H groups in total. The molecule has 47 heavy (non-hydrogen) atoms. The van der Waals surface area contributed by atoms with Crippen molar-refractivity contribution in [3.8, 4) is 23.0 Å². The Morgan fingerprint density at radius 2 is 1.36 bits per heavy atom. The number of benzene rings is 4.